The van der Waals surface area contributed by atoms with E-state index in [0.29, 0.717) is 12.5 Å². The molecule has 5 heteroatoms. The number of nitrogens with one attached hydrogen (secondary N) is 2. The Morgan fingerprint density at radius 3 is 2.95 bits per heavy atom. The second-order valence-corrected chi connectivity index (χ2v) is 4.79. The monoisotopic (exact) mass is 268 g/mol. The van der Waals surface area contributed by atoms with Gasteiger partial charge in [0.1, 0.15) is 6.04 Å². The van der Waals surface area contributed by atoms with Crippen LogP contribution in [-0.4, -0.2) is 23.4 Å². The van der Waals surface area contributed by atoms with E-state index >= 15 is 0 Å². The Bertz CT molecular complexity index is 708. The minimum absolute atomic E-state index is 0.0726. The van der Waals surface area contributed by atoms with E-state index in [1.807, 2.05) is 44.2 Å². The van der Waals surface area contributed by atoms with Gasteiger partial charge in [0.2, 0.25) is 0 Å². The molecule has 3 rings (SSSR count). The van der Waals surface area contributed by atoms with Crippen molar-refractivity contribution in [2.24, 2.45) is 4.99 Å². The lowest BCUT2D eigenvalue weighted by Crippen LogP contribution is -2.25. The molecular formula is C15H16N4O. The quantitative estimate of drug-likeness (QED) is 0.871. The number of aromatic nitrogens is 1. The molecule has 1 aromatic carbocycles. The average molecular weight is 268 g/mol. The van der Waals surface area contributed by atoms with Gasteiger partial charge in [-0.15, -0.1) is 0 Å². The maximum Gasteiger partial charge on any atom is 0.253 e. The first-order valence-corrected chi connectivity index (χ1v) is 6.66. The minimum atomic E-state index is -0.383. The maximum absolute atomic E-state index is 12.0. The van der Waals surface area contributed by atoms with Crippen molar-refractivity contribution in [1.29, 1.82) is 0 Å². The number of amides is 1. The Kier molecular flexibility index (Phi) is 3.10. The number of pyridine rings is 1. The van der Waals surface area contributed by atoms with Crippen LogP contribution in [0.3, 0.4) is 0 Å². The molecule has 1 aliphatic heterocycles. The molecule has 1 fully saturated rings. The lowest BCUT2D eigenvalue weighted by molar-refractivity contribution is -0.120. The van der Waals surface area contributed by atoms with Crippen molar-refractivity contribution in [3.63, 3.8) is 0 Å². The molecule has 102 valence electrons. The number of aryl methyl sites for hydroxylation is 1. The van der Waals surface area contributed by atoms with Gasteiger partial charge in [0, 0.05) is 17.6 Å². The number of carbonyl (C=O) groups excluding carboxylic acids is 1. The number of rotatable bonds is 2. The highest BCUT2D eigenvalue weighted by atomic mass is 16.2. The van der Waals surface area contributed by atoms with Crippen molar-refractivity contribution < 1.29 is 4.79 Å². The molecule has 1 unspecified atom stereocenters. The number of carbonyl (C=O) groups is 1. The Hall–Kier alpha value is -2.43. The predicted octanol–water partition coefficient (Wildman–Crippen LogP) is 1.68. The van der Waals surface area contributed by atoms with Gasteiger partial charge in [-0.25, -0.2) is 0 Å². The van der Waals surface area contributed by atoms with Crippen LogP contribution >= 0.6 is 0 Å². The van der Waals surface area contributed by atoms with Crippen LogP contribution in [0.1, 0.15) is 24.2 Å². The van der Waals surface area contributed by atoms with Gasteiger partial charge >= 0.3 is 0 Å². The Labute approximate surface area is 117 Å². The van der Waals surface area contributed by atoms with Gasteiger partial charge in [-0.05, 0) is 37.6 Å². The van der Waals surface area contributed by atoms with Gasteiger partial charge in [-0.2, -0.15) is 0 Å². The fourth-order valence-corrected chi connectivity index (χ4v) is 2.33. The number of hydrogen-bond acceptors (Lipinski definition) is 3. The third kappa shape index (κ3) is 2.22. The molecule has 20 heavy (non-hydrogen) atoms. The summed E-state index contributed by atoms with van der Waals surface area (Å²) in [7, 11) is 0. The largest absolute Gasteiger partial charge is 0.340 e. The van der Waals surface area contributed by atoms with Gasteiger partial charge in [0.05, 0.1) is 5.52 Å². The molecule has 5 nitrogen and oxygen atoms in total. The highest BCUT2D eigenvalue weighted by Gasteiger charge is 2.29. The van der Waals surface area contributed by atoms with E-state index in [0.717, 1.165) is 22.2 Å². The fraction of sp³-hybridized carbons (Fsp3) is 0.267. The van der Waals surface area contributed by atoms with E-state index in [9.17, 15) is 4.79 Å². The van der Waals surface area contributed by atoms with Crippen molar-refractivity contribution in [3.8, 4) is 0 Å². The molecule has 1 aliphatic rings. The standard InChI is InChI=1S/C15H16N4O/c1-3-16-15-18-13(14(20)19-15)11-6-7-12-10(8-11)5-4-9(2)17-12/h4-8,13H,3H2,1-2H3,(H2,16,18,19,20). The van der Waals surface area contributed by atoms with E-state index in [-0.39, 0.29) is 11.9 Å². The van der Waals surface area contributed by atoms with E-state index < -0.39 is 0 Å². The summed E-state index contributed by atoms with van der Waals surface area (Å²) >= 11 is 0. The molecular weight excluding hydrogens is 252 g/mol. The number of hydrogen-bond donors (Lipinski definition) is 2. The Morgan fingerprint density at radius 2 is 2.15 bits per heavy atom. The summed E-state index contributed by atoms with van der Waals surface area (Å²) in [4.78, 5) is 20.6. The second-order valence-electron chi connectivity index (χ2n) is 4.79. The Balaban J connectivity index is 1.96. The molecule has 0 saturated carbocycles. The van der Waals surface area contributed by atoms with Crippen LogP contribution in [0.5, 0.6) is 0 Å². The molecule has 0 bridgehead atoms. The topological polar surface area (TPSA) is 66.4 Å². The van der Waals surface area contributed by atoms with Crippen LogP contribution < -0.4 is 10.6 Å². The molecule has 0 radical (unpaired) electrons. The molecule has 1 saturated heterocycles. The zero-order chi connectivity index (χ0) is 14.1. The lowest BCUT2D eigenvalue weighted by Gasteiger charge is -2.09. The molecule has 2 N–H and O–H groups in total. The number of fused-ring (bicyclic) bond motifs is 1. The summed E-state index contributed by atoms with van der Waals surface area (Å²) < 4.78 is 0. The van der Waals surface area contributed by atoms with E-state index in [4.69, 9.17) is 0 Å². The summed E-state index contributed by atoms with van der Waals surface area (Å²) in [6, 6.07) is 9.48. The molecule has 2 heterocycles. The zero-order valence-corrected chi connectivity index (χ0v) is 11.5. The third-order valence-electron chi connectivity index (χ3n) is 3.29. The number of aliphatic imine (C=N–C) groups is 1. The van der Waals surface area contributed by atoms with Crippen LogP contribution in [0, 0.1) is 6.92 Å². The van der Waals surface area contributed by atoms with E-state index in [1.54, 1.807) is 0 Å². The predicted molar refractivity (Wildman–Crippen MR) is 78.5 cm³/mol. The average Bonchev–Trinajstić information content (AvgIpc) is 2.79. The van der Waals surface area contributed by atoms with Crippen molar-refractivity contribution in [2.75, 3.05) is 6.54 Å². The van der Waals surface area contributed by atoms with Crippen molar-refractivity contribution in [3.05, 3.63) is 41.6 Å². The van der Waals surface area contributed by atoms with Gasteiger partial charge in [0.25, 0.3) is 5.91 Å². The Morgan fingerprint density at radius 1 is 1.30 bits per heavy atom. The first kappa shape index (κ1) is 12.6. The molecule has 0 aliphatic carbocycles. The summed E-state index contributed by atoms with van der Waals surface area (Å²) in [5.74, 6) is 0.473. The zero-order valence-electron chi connectivity index (χ0n) is 11.5. The second kappa shape index (κ2) is 4.92. The van der Waals surface area contributed by atoms with Crippen LogP contribution in [-0.2, 0) is 4.79 Å². The van der Waals surface area contributed by atoms with Gasteiger partial charge in [-0.3, -0.25) is 20.1 Å². The minimum Gasteiger partial charge on any atom is -0.340 e. The molecule has 0 spiro atoms. The molecule has 1 aromatic heterocycles. The van der Waals surface area contributed by atoms with Crippen LogP contribution in [0.15, 0.2) is 35.3 Å². The number of guanidine groups is 1. The van der Waals surface area contributed by atoms with E-state index in [2.05, 4.69) is 20.6 Å². The van der Waals surface area contributed by atoms with Gasteiger partial charge < -0.3 is 5.32 Å². The first-order valence-electron chi connectivity index (χ1n) is 6.66. The van der Waals surface area contributed by atoms with Crippen molar-refractivity contribution >= 4 is 22.8 Å². The summed E-state index contributed by atoms with van der Waals surface area (Å²) in [6.45, 7) is 4.53. The lowest BCUT2D eigenvalue weighted by atomic mass is 10.0. The highest BCUT2D eigenvalue weighted by molar-refractivity contribution is 6.07. The van der Waals surface area contributed by atoms with Crippen LogP contribution in [0.4, 0.5) is 0 Å². The normalized spacial score (nSPS) is 20.2. The van der Waals surface area contributed by atoms with Crippen LogP contribution in [0.2, 0.25) is 0 Å². The van der Waals surface area contributed by atoms with Crippen molar-refractivity contribution in [1.82, 2.24) is 15.6 Å². The third-order valence-corrected chi connectivity index (χ3v) is 3.29. The highest BCUT2D eigenvalue weighted by Crippen LogP contribution is 2.21. The smallest absolute Gasteiger partial charge is 0.253 e. The molecule has 2 aromatic rings. The number of benzene rings is 1. The van der Waals surface area contributed by atoms with Crippen LogP contribution in [0.25, 0.3) is 10.9 Å². The van der Waals surface area contributed by atoms with Gasteiger partial charge in [0.15, 0.2) is 5.96 Å². The van der Waals surface area contributed by atoms with E-state index in [1.165, 1.54) is 0 Å². The summed E-state index contributed by atoms with van der Waals surface area (Å²) in [6.07, 6.45) is 0. The molecule has 1 amide bonds. The summed E-state index contributed by atoms with van der Waals surface area (Å²) in [5.41, 5.74) is 2.84. The molecule has 1 atom stereocenters. The maximum atomic E-state index is 12.0. The van der Waals surface area contributed by atoms with Gasteiger partial charge in [-0.1, -0.05) is 12.1 Å². The summed E-state index contributed by atoms with van der Waals surface area (Å²) in [5, 5.41) is 6.88. The SMILES string of the molecule is CCN=C1NC(=O)C(c2ccc3nc(C)ccc3c2)N1. The fourth-order valence-electron chi connectivity index (χ4n) is 2.33. The first-order chi connectivity index (χ1) is 9.67. The van der Waals surface area contributed by atoms with Crippen molar-refractivity contribution in [2.45, 2.75) is 19.9 Å². The number of nitrogens with zero attached hydrogens (tertiary/aromatic N) is 2.